The number of nitrogens with one attached hydrogen (secondary N) is 1. The van der Waals surface area contributed by atoms with Gasteiger partial charge in [-0.2, -0.15) is 0 Å². The number of hydrogen-bond donors (Lipinski definition) is 3. The molecule has 0 aromatic heterocycles. The van der Waals surface area contributed by atoms with Crippen LogP contribution in [-0.4, -0.2) is 62.9 Å². The van der Waals surface area contributed by atoms with Gasteiger partial charge in [-0.15, -0.1) is 0 Å². The molecule has 4 N–H and O–H groups in total. The van der Waals surface area contributed by atoms with Gasteiger partial charge in [0.2, 0.25) is 5.91 Å². The van der Waals surface area contributed by atoms with Gasteiger partial charge in [0.05, 0.1) is 17.3 Å². The molecule has 2 atom stereocenters. The standard InChI is InChI=1S/C33H38N4O5/c1-41-15-3-14-36-29-18-25(9-11-31(29)42-20-32(36)39)37(24-7-8-24)33(40)27-19-35-13-12-26(27)23-5-2-4-21(16-23)22-6-10-30(38)28(34)17-22/h2,4-6,9-11,16-18,24,26-27,35,38H,3,7-8,12-15,19-20,34H2,1H3/t26-,27+/m1/s1. The first-order chi connectivity index (χ1) is 20.4. The lowest BCUT2D eigenvalue weighted by Gasteiger charge is -2.36. The molecule has 1 aliphatic carbocycles. The van der Waals surface area contributed by atoms with Crippen LogP contribution in [0.5, 0.6) is 11.5 Å². The van der Waals surface area contributed by atoms with Gasteiger partial charge in [0.1, 0.15) is 11.5 Å². The van der Waals surface area contributed by atoms with E-state index in [1.54, 1.807) is 24.1 Å². The van der Waals surface area contributed by atoms with E-state index in [0.717, 1.165) is 48.2 Å². The number of piperidine rings is 1. The Morgan fingerprint density at radius 2 is 1.95 bits per heavy atom. The van der Waals surface area contributed by atoms with E-state index in [9.17, 15) is 14.7 Å². The largest absolute Gasteiger partial charge is 0.506 e. The van der Waals surface area contributed by atoms with Crippen LogP contribution in [0.1, 0.15) is 37.2 Å². The minimum Gasteiger partial charge on any atom is -0.506 e. The lowest BCUT2D eigenvalue weighted by Crippen LogP contribution is -2.47. The van der Waals surface area contributed by atoms with Crippen molar-refractivity contribution in [1.29, 1.82) is 0 Å². The third kappa shape index (κ3) is 5.67. The number of carbonyl (C=O) groups is 2. The van der Waals surface area contributed by atoms with Gasteiger partial charge in [-0.05, 0) is 85.2 Å². The zero-order chi connectivity index (χ0) is 29.2. The number of rotatable bonds is 9. The summed E-state index contributed by atoms with van der Waals surface area (Å²) in [6.07, 6.45) is 3.47. The molecule has 220 valence electrons. The topological polar surface area (TPSA) is 117 Å². The lowest BCUT2D eigenvalue weighted by atomic mass is 9.79. The Balaban J connectivity index is 1.29. The van der Waals surface area contributed by atoms with Gasteiger partial charge in [0.25, 0.3) is 5.91 Å². The molecular formula is C33H38N4O5. The molecule has 1 saturated carbocycles. The zero-order valence-electron chi connectivity index (χ0n) is 23.9. The van der Waals surface area contributed by atoms with Crippen molar-refractivity contribution in [3.05, 3.63) is 66.2 Å². The molecule has 1 saturated heterocycles. The van der Waals surface area contributed by atoms with E-state index < -0.39 is 0 Å². The van der Waals surface area contributed by atoms with Crippen LogP contribution in [0.15, 0.2) is 60.7 Å². The predicted molar refractivity (Wildman–Crippen MR) is 163 cm³/mol. The fraction of sp³-hybridized carbons (Fsp3) is 0.394. The zero-order valence-corrected chi connectivity index (χ0v) is 23.9. The average Bonchev–Trinajstić information content (AvgIpc) is 3.85. The Hall–Kier alpha value is -4.08. The van der Waals surface area contributed by atoms with E-state index in [4.69, 9.17) is 15.2 Å². The van der Waals surface area contributed by atoms with Crippen molar-refractivity contribution in [2.45, 2.75) is 37.6 Å². The molecule has 2 aliphatic heterocycles. The number of methoxy groups -OCH3 is 1. The van der Waals surface area contributed by atoms with Crippen LogP contribution < -0.4 is 25.6 Å². The number of fused-ring (bicyclic) bond motifs is 1. The molecule has 3 aromatic rings. The maximum Gasteiger partial charge on any atom is 0.265 e. The molecule has 3 aromatic carbocycles. The Morgan fingerprint density at radius 1 is 1.12 bits per heavy atom. The number of benzene rings is 3. The highest BCUT2D eigenvalue weighted by Crippen LogP contribution is 2.42. The molecule has 2 heterocycles. The van der Waals surface area contributed by atoms with Gasteiger partial charge in [0.15, 0.2) is 6.61 Å². The maximum atomic E-state index is 14.4. The van der Waals surface area contributed by atoms with Gasteiger partial charge in [-0.3, -0.25) is 9.59 Å². The Morgan fingerprint density at radius 3 is 2.74 bits per heavy atom. The van der Waals surface area contributed by atoms with E-state index in [-0.39, 0.29) is 42.0 Å². The fourth-order valence-electron chi connectivity index (χ4n) is 6.18. The second kappa shape index (κ2) is 12.0. The average molecular weight is 571 g/mol. The highest BCUT2D eigenvalue weighted by molar-refractivity contribution is 6.01. The molecule has 0 bridgehead atoms. The summed E-state index contributed by atoms with van der Waals surface area (Å²) in [5, 5.41) is 13.3. The number of phenolic OH excluding ortho intramolecular Hbond substituents is 1. The van der Waals surface area contributed by atoms with Gasteiger partial charge in [0, 0.05) is 38.5 Å². The van der Waals surface area contributed by atoms with Crippen molar-refractivity contribution in [2.24, 2.45) is 5.92 Å². The number of ether oxygens (including phenoxy) is 2. The van der Waals surface area contributed by atoms with Crippen LogP contribution >= 0.6 is 0 Å². The number of carbonyl (C=O) groups excluding carboxylic acids is 2. The first kappa shape index (κ1) is 28.1. The number of amides is 2. The summed E-state index contributed by atoms with van der Waals surface area (Å²) in [5.41, 5.74) is 10.8. The normalized spacial score (nSPS) is 20.1. The number of nitrogen functional groups attached to an aromatic ring is 1. The van der Waals surface area contributed by atoms with Crippen molar-refractivity contribution in [2.75, 3.05) is 55.5 Å². The van der Waals surface area contributed by atoms with Crippen LogP contribution in [0.4, 0.5) is 17.1 Å². The summed E-state index contributed by atoms with van der Waals surface area (Å²) in [4.78, 5) is 30.9. The van der Waals surface area contributed by atoms with Gasteiger partial charge in [-0.1, -0.05) is 30.3 Å². The smallest absolute Gasteiger partial charge is 0.265 e. The minimum absolute atomic E-state index is 0.00974. The molecule has 9 heteroatoms. The van der Waals surface area contributed by atoms with Crippen LogP contribution in [0.2, 0.25) is 0 Å². The molecule has 2 fully saturated rings. The van der Waals surface area contributed by atoms with Crippen molar-refractivity contribution < 1.29 is 24.2 Å². The molecule has 0 spiro atoms. The molecular weight excluding hydrogens is 532 g/mol. The molecule has 0 radical (unpaired) electrons. The van der Waals surface area contributed by atoms with E-state index in [1.807, 2.05) is 41.3 Å². The molecule has 2 amide bonds. The van der Waals surface area contributed by atoms with Crippen LogP contribution in [0.25, 0.3) is 11.1 Å². The van der Waals surface area contributed by atoms with Crippen LogP contribution in [-0.2, 0) is 14.3 Å². The predicted octanol–water partition coefficient (Wildman–Crippen LogP) is 4.29. The number of anilines is 3. The fourth-order valence-corrected chi connectivity index (χ4v) is 6.18. The van der Waals surface area contributed by atoms with Crippen molar-refractivity contribution in [3.63, 3.8) is 0 Å². The maximum absolute atomic E-state index is 14.4. The van der Waals surface area contributed by atoms with Crippen molar-refractivity contribution in [1.82, 2.24) is 5.32 Å². The second-order valence-electron chi connectivity index (χ2n) is 11.4. The number of aromatic hydroxyl groups is 1. The summed E-state index contributed by atoms with van der Waals surface area (Å²) in [6.45, 7) is 2.53. The van der Waals surface area contributed by atoms with E-state index in [2.05, 4.69) is 17.4 Å². The summed E-state index contributed by atoms with van der Waals surface area (Å²) in [7, 11) is 1.65. The van der Waals surface area contributed by atoms with Crippen molar-refractivity contribution >= 4 is 28.9 Å². The van der Waals surface area contributed by atoms with E-state index >= 15 is 0 Å². The van der Waals surface area contributed by atoms with Crippen molar-refractivity contribution in [3.8, 4) is 22.6 Å². The van der Waals surface area contributed by atoms with E-state index in [1.165, 1.54) is 0 Å². The Kier molecular flexibility index (Phi) is 8.04. The number of nitrogens with zero attached hydrogens (tertiary/aromatic N) is 2. The molecule has 9 nitrogen and oxygen atoms in total. The number of phenols is 1. The molecule has 3 aliphatic rings. The van der Waals surface area contributed by atoms with E-state index in [0.29, 0.717) is 43.2 Å². The third-order valence-corrected chi connectivity index (χ3v) is 8.52. The van der Waals surface area contributed by atoms with Gasteiger partial charge in [-0.25, -0.2) is 0 Å². The Bertz CT molecular complexity index is 1470. The summed E-state index contributed by atoms with van der Waals surface area (Å²) < 4.78 is 10.9. The first-order valence-corrected chi connectivity index (χ1v) is 14.7. The second-order valence-corrected chi connectivity index (χ2v) is 11.4. The molecule has 0 unspecified atom stereocenters. The Labute approximate surface area is 246 Å². The highest BCUT2D eigenvalue weighted by atomic mass is 16.5. The molecule has 42 heavy (non-hydrogen) atoms. The highest BCUT2D eigenvalue weighted by Gasteiger charge is 2.41. The molecule has 6 rings (SSSR count). The quantitative estimate of drug-likeness (QED) is 0.200. The lowest BCUT2D eigenvalue weighted by molar-refractivity contribution is -0.123. The van der Waals surface area contributed by atoms with Crippen LogP contribution in [0.3, 0.4) is 0 Å². The minimum atomic E-state index is -0.244. The monoisotopic (exact) mass is 570 g/mol. The number of hydrogen-bond acceptors (Lipinski definition) is 7. The first-order valence-electron chi connectivity index (χ1n) is 14.7. The van der Waals surface area contributed by atoms with Gasteiger partial charge < -0.3 is 35.4 Å². The van der Waals surface area contributed by atoms with Crippen LogP contribution in [0, 0.1) is 5.92 Å². The SMILES string of the molecule is COCCCN1C(=O)COc2ccc(N(C(=O)[C@H]3CNCC[C@@H]3c3cccc(-c4ccc(O)c(N)c4)c3)C3CC3)cc21. The summed E-state index contributed by atoms with van der Waals surface area (Å²) >= 11 is 0. The summed E-state index contributed by atoms with van der Waals surface area (Å²) in [5.74, 6) is 0.529. The number of nitrogens with two attached hydrogens (primary N) is 1. The third-order valence-electron chi connectivity index (χ3n) is 8.52. The summed E-state index contributed by atoms with van der Waals surface area (Å²) in [6, 6.07) is 19.4. The van der Waals surface area contributed by atoms with Gasteiger partial charge >= 0.3 is 0 Å².